The molecule has 4 heteroatoms. The highest BCUT2D eigenvalue weighted by Gasteiger charge is 2.20. The zero-order valence-corrected chi connectivity index (χ0v) is 12.6. The van der Waals surface area contributed by atoms with E-state index in [-0.39, 0.29) is 12.3 Å². The quantitative estimate of drug-likeness (QED) is 0.534. The van der Waals surface area contributed by atoms with Gasteiger partial charge in [0, 0.05) is 24.1 Å². The van der Waals surface area contributed by atoms with Gasteiger partial charge in [-0.3, -0.25) is 9.59 Å². The number of hydrogen-bond donors (Lipinski definition) is 1. The van der Waals surface area contributed by atoms with Crippen LogP contribution in [0.25, 0.3) is 0 Å². The highest BCUT2D eigenvalue weighted by Crippen LogP contribution is 2.25. The van der Waals surface area contributed by atoms with Crippen molar-refractivity contribution < 1.29 is 9.59 Å². The van der Waals surface area contributed by atoms with Crippen LogP contribution in [-0.2, 0) is 16.1 Å². The van der Waals surface area contributed by atoms with Crippen molar-refractivity contribution in [3.8, 4) is 11.8 Å². The molecule has 1 aliphatic rings. The third-order valence-electron chi connectivity index (χ3n) is 3.74. The van der Waals surface area contributed by atoms with Gasteiger partial charge in [0.2, 0.25) is 12.3 Å². The number of carbonyl (C=O) groups is 2. The summed E-state index contributed by atoms with van der Waals surface area (Å²) in [7, 11) is 0. The first-order chi connectivity index (χ1) is 11.3. The maximum atomic E-state index is 12.6. The van der Waals surface area contributed by atoms with E-state index < -0.39 is 0 Å². The topological polar surface area (TPSA) is 49.4 Å². The Kier molecular flexibility index (Phi) is 4.39. The Balaban J connectivity index is 2.00. The summed E-state index contributed by atoms with van der Waals surface area (Å²) in [6.45, 7) is 0.802. The number of nitrogens with one attached hydrogen (secondary N) is 1. The first kappa shape index (κ1) is 14.9. The molecular formula is C19H16N2O2. The van der Waals surface area contributed by atoms with Crippen LogP contribution in [0.15, 0.2) is 48.5 Å². The van der Waals surface area contributed by atoms with Crippen LogP contribution in [0, 0.1) is 11.8 Å². The van der Waals surface area contributed by atoms with Crippen molar-refractivity contribution in [1.29, 1.82) is 0 Å². The first-order valence-corrected chi connectivity index (χ1v) is 7.46. The normalized spacial score (nSPS) is 11.9. The Bertz CT molecular complexity index is 802. The lowest BCUT2D eigenvalue weighted by molar-refractivity contribution is -0.118. The SMILES string of the molecule is O=CNCCC(=O)N1Cc2ccccc2C#Cc2ccccc21. The summed E-state index contributed by atoms with van der Waals surface area (Å²) in [5.41, 5.74) is 3.60. The molecule has 2 amide bonds. The molecule has 2 aromatic carbocycles. The Morgan fingerprint density at radius 2 is 1.78 bits per heavy atom. The van der Waals surface area contributed by atoms with Gasteiger partial charge in [-0.1, -0.05) is 42.2 Å². The third kappa shape index (κ3) is 3.24. The minimum atomic E-state index is -0.0368. The molecule has 0 radical (unpaired) electrons. The lowest BCUT2D eigenvalue weighted by Gasteiger charge is -2.26. The summed E-state index contributed by atoms with van der Waals surface area (Å²) in [4.78, 5) is 24.7. The molecule has 1 heterocycles. The second-order valence-electron chi connectivity index (χ2n) is 5.23. The van der Waals surface area contributed by atoms with Crippen LogP contribution in [-0.4, -0.2) is 18.9 Å². The summed E-state index contributed by atoms with van der Waals surface area (Å²) in [5.74, 6) is 6.31. The maximum Gasteiger partial charge on any atom is 0.229 e. The van der Waals surface area contributed by atoms with Crippen LogP contribution < -0.4 is 10.2 Å². The van der Waals surface area contributed by atoms with E-state index in [4.69, 9.17) is 0 Å². The van der Waals surface area contributed by atoms with Gasteiger partial charge < -0.3 is 10.2 Å². The maximum absolute atomic E-state index is 12.6. The number of fused-ring (bicyclic) bond motifs is 2. The van der Waals surface area contributed by atoms with Gasteiger partial charge in [0.25, 0.3) is 0 Å². The number of rotatable bonds is 4. The molecule has 0 aliphatic carbocycles. The van der Waals surface area contributed by atoms with Crippen LogP contribution in [0.2, 0.25) is 0 Å². The van der Waals surface area contributed by atoms with E-state index >= 15 is 0 Å². The molecule has 0 unspecified atom stereocenters. The van der Waals surface area contributed by atoms with Crippen LogP contribution in [0.4, 0.5) is 5.69 Å². The molecule has 1 N–H and O–H groups in total. The highest BCUT2D eigenvalue weighted by atomic mass is 16.2. The van der Waals surface area contributed by atoms with Crippen LogP contribution >= 0.6 is 0 Å². The van der Waals surface area contributed by atoms with Gasteiger partial charge in [-0.05, 0) is 23.8 Å². The van der Waals surface area contributed by atoms with Gasteiger partial charge in [0.1, 0.15) is 0 Å². The van der Waals surface area contributed by atoms with E-state index in [1.807, 2.05) is 48.5 Å². The molecule has 3 rings (SSSR count). The van der Waals surface area contributed by atoms with Crippen molar-refractivity contribution in [1.82, 2.24) is 5.32 Å². The summed E-state index contributed by atoms with van der Waals surface area (Å²) in [6.07, 6.45) is 0.859. The zero-order chi connectivity index (χ0) is 16.1. The predicted octanol–water partition coefficient (Wildman–Crippen LogP) is 2.07. The molecule has 0 aromatic heterocycles. The van der Waals surface area contributed by atoms with Gasteiger partial charge in [-0.2, -0.15) is 0 Å². The molecule has 0 spiro atoms. The van der Waals surface area contributed by atoms with Gasteiger partial charge in [-0.15, -0.1) is 0 Å². The van der Waals surface area contributed by atoms with E-state index in [1.54, 1.807) is 4.90 Å². The number of anilines is 1. The Labute approximate surface area is 135 Å². The molecule has 0 fully saturated rings. The number of benzene rings is 2. The fourth-order valence-corrected chi connectivity index (χ4v) is 2.58. The van der Waals surface area contributed by atoms with Crippen molar-refractivity contribution in [3.05, 3.63) is 65.2 Å². The van der Waals surface area contributed by atoms with Crippen LogP contribution in [0.3, 0.4) is 0 Å². The van der Waals surface area contributed by atoms with E-state index in [0.29, 0.717) is 19.5 Å². The average Bonchev–Trinajstić information content (AvgIpc) is 2.57. The monoisotopic (exact) mass is 304 g/mol. The van der Waals surface area contributed by atoms with E-state index in [0.717, 1.165) is 22.4 Å². The largest absolute Gasteiger partial charge is 0.358 e. The highest BCUT2D eigenvalue weighted by molar-refractivity contribution is 5.95. The molecule has 0 atom stereocenters. The van der Waals surface area contributed by atoms with E-state index in [2.05, 4.69) is 17.2 Å². The lowest BCUT2D eigenvalue weighted by atomic mass is 10.0. The molecule has 1 aliphatic heterocycles. The van der Waals surface area contributed by atoms with Gasteiger partial charge >= 0.3 is 0 Å². The smallest absolute Gasteiger partial charge is 0.229 e. The number of para-hydroxylation sites is 1. The van der Waals surface area contributed by atoms with E-state index in [9.17, 15) is 9.59 Å². The number of nitrogens with zero attached hydrogens (tertiary/aromatic N) is 1. The fourth-order valence-electron chi connectivity index (χ4n) is 2.58. The van der Waals surface area contributed by atoms with Crippen LogP contribution in [0.1, 0.15) is 23.1 Å². The summed E-state index contributed by atoms with van der Waals surface area (Å²) >= 11 is 0. The summed E-state index contributed by atoms with van der Waals surface area (Å²) in [5, 5.41) is 2.53. The Morgan fingerprint density at radius 1 is 1.09 bits per heavy atom. The summed E-state index contributed by atoms with van der Waals surface area (Å²) < 4.78 is 0. The Hall–Kier alpha value is -3.06. The lowest BCUT2D eigenvalue weighted by Crippen LogP contribution is -2.33. The van der Waals surface area contributed by atoms with Gasteiger partial charge in [-0.25, -0.2) is 0 Å². The Morgan fingerprint density at radius 3 is 2.61 bits per heavy atom. The number of carbonyl (C=O) groups excluding carboxylic acids is 2. The number of hydrogen-bond acceptors (Lipinski definition) is 2. The molecule has 114 valence electrons. The van der Waals surface area contributed by atoms with Crippen molar-refractivity contribution in [3.63, 3.8) is 0 Å². The molecule has 0 bridgehead atoms. The standard InChI is InChI=1S/C19H16N2O2/c22-14-20-12-11-19(23)21-13-17-7-2-1-5-15(17)9-10-16-6-3-4-8-18(16)21/h1-8,14H,11-13H2,(H,20,22). The molecular weight excluding hydrogens is 288 g/mol. The number of amides is 2. The second-order valence-corrected chi connectivity index (χ2v) is 5.23. The molecule has 23 heavy (non-hydrogen) atoms. The second kappa shape index (κ2) is 6.80. The van der Waals surface area contributed by atoms with Crippen molar-refractivity contribution >= 4 is 18.0 Å². The molecule has 4 nitrogen and oxygen atoms in total. The van der Waals surface area contributed by atoms with E-state index in [1.165, 1.54) is 0 Å². The van der Waals surface area contributed by atoms with Crippen molar-refractivity contribution in [2.75, 3.05) is 11.4 Å². The average molecular weight is 304 g/mol. The van der Waals surface area contributed by atoms with Gasteiger partial charge in [0.15, 0.2) is 0 Å². The van der Waals surface area contributed by atoms with Gasteiger partial charge in [0.05, 0.1) is 12.2 Å². The van der Waals surface area contributed by atoms with Crippen molar-refractivity contribution in [2.45, 2.75) is 13.0 Å². The minimum Gasteiger partial charge on any atom is -0.358 e. The van der Waals surface area contributed by atoms with Crippen molar-refractivity contribution in [2.24, 2.45) is 0 Å². The van der Waals surface area contributed by atoms with Crippen LogP contribution in [0.5, 0.6) is 0 Å². The molecule has 2 aromatic rings. The molecule has 0 saturated heterocycles. The minimum absolute atomic E-state index is 0.0368. The fraction of sp³-hybridized carbons (Fsp3) is 0.158. The summed E-state index contributed by atoms with van der Waals surface area (Å²) in [6, 6.07) is 15.5. The third-order valence-corrected chi connectivity index (χ3v) is 3.74. The zero-order valence-electron chi connectivity index (χ0n) is 12.6. The first-order valence-electron chi connectivity index (χ1n) is 7.46. The predicted molar refractivity (Wildman–Crippen MR) is 88.7 cm³/mol. The molecule has 0 saturated carbocycles.